The average Bonchev–Trinajstić information content (AvgIpc) is 3.11. The highest BCUT2D eigenvalue weighted by Gasteiger charge is 2.15. The van der Waals surface area contributed by atoms with Crippen LogP contribution < -0.4 is 10.1 Å². The van der Waals surface area contributed by atoms with Gasteiger partial charge in [-0.3, -0.25) is 4.79 Å². The number of ether oxygens (including phenoxy) is 1. The molecule has 0 atom stereocenters. The van der Waals surface area contributed by atoms with Crippen LogP contribution in [0.25, 0.3) is 5.69 Å². The van der Waals surface area contributed by atoms with E-state index in [1.54, 1.807) is 16.8 Å². The Morgan fingerprint density at radius 3 is 2.89 bits per heavy atom. The van der Waals surface area contributed by atoms with Crippen LogP contribution in [0.15, 0.2) is 47.6 Å². The summed E-state index contributed by atoms with van der Waals surface area (Å²) in [7, 11) is 0. The van der Waals surface area contributed by atoms with Crippen molar-refractivity contribution in [2.24, 2.45) is 0 Å². The second-order valence-electron chi connectivity index (χ2n) is 5.59. The van der Waals surface area contributed by atoms with Gasteiger partial charge in [0, 0.05) is 0 Å². The van der Waals surface area contributed by atoms with E-state index in [0.29, 0.717) is 33.9 Å². The molecule has 0 bridgehead atoms. The molecule has 0 fully saturated rings. The molecule has 0 aliphatic carbocycles. The Hall–Kier alpha value is -2.58. The minimum atomic E-state index is -0.196. The highest BCUT2D eigenvalue weighted by Crippen LogP contribution is 2.27. The van der Waals surface area contributed by atoms with Crippen molar-refractivity contribution in [1.82, 2.24) is 20.2 Å². The topological polar surface area (TPSA) is 81.9 Å². The lowest BCUT2D eigenvalue weighted by Gasteiger charge is -2.10. The third-order valence-corrected chi connectivity index (χ3v) is 4.80. The molecule has 2 aromatic carbocycles. The molecule has 9 heteroatoms. The molecule has 140 valence electrons. The number of aryl methyl sites for hydroxylation is 1. The zero-order valence-corrected chi connectivity index (χ0v) is 16.4. The van der Waals surface area contributed by atoms with E-state index in [0.717, 1.165) is 5.56 Å². The molecule has 0 aliphatic rings. The molecule has 0 saturated carbocycles. The molecule has 1 aromatic heterocycles. The van der Waals surface area contributed by atoms with Crippen LogP contribution >= 0.6 is 23.4 Å². The minimum absolute atomic E-state index is 0.140. The minimum Gasteiger partial charge on any atom is -0.492 e. The van der Waals surface area contributed by atoms with Gasteiger partial charge in [-0.1, -0.05) is 41.6 Å². The van der Waals surface area contributed by atoms with Crippen molar-refractivity contribution in [2.75, 3.05) is 17.7 Å². The fraction of sp³-hybridized carbons (Fsp3) is 0.222. The Bertz CT molecular complexity index is 947. The van der Waals surface area contributed by atoms with E-state index >= 15 is 0 Å². The molecule has 3 aromatic rings. The molecule has 0 aliphatic heterocycles. The van der Waals surface area contributed by atoms with Gasteiger partial charge in [0.05, 0.1) is 23.1 Å². The Balaban J connectivity index is 1.69. The number of carbonyl (C=O) groups excluding carboxylic acids is 1. The lowest BCUT2D eigenvalue weighted by molar-refractivity contribution is -0.113. The van der Waals surface area contributed by atoms with E-state index in [9.17, 15) is 4.79 Å². The molecule has 27 heavy (non-hydrogen) atoms. The standard InChI is InChI=1S/C18H18ClN5O2S/c1-3-26-16-7-5-4-6-15(16)24-18(21-22-23-24)27-11-17(25)20-14-9-8-12(2)10-13(14)19/h4-10H,3,11H2,1-2H3,(H,20,25). The molecule has 1 N–H and O–H groups in total. The van der Waals surface area contributed by atoms with Crippen LogP contribution in [-0.2, 0) is 4.79 Å². The zero-order chi connectivity index (χ0) is 19.2. The molecular weight excluding hydrogens is 386 g/mol. The quantitative estimate of drug-likeness (QED) is 0.605. The first-order valence-electron chi connectivity index (χ1n) is 8.28. The van der Waals surface area contributed by atoms with E-state index in [-0.39, 0.29) is 11.7 Å². The van der Waals surface area contributed by atoms with Gasteiger partial charge in [-0.25, -0.2) is 0 Å². The first-order valence-corrected chi connectivity index (χ1v) is 9.64. The molecule has 1 heterocycles. The number of hydrogen-bond donors (Lipinski definition) is 1. The number of tetrazole rings is 1. The summed E-state index contributed by atoms with van der Waals surface area (Å²) in [6.07, 6.45) is 0. The number of thioether (sulfide) groups is 1. The van der Waals surface area contributed by atoms with Crippen LogP contribution in [0.3, 0.4) is 0 Å². The summed E-state index contributed by atoms with van der Waals surface area (Å²) in [5.41, 5.74) is 2.32. The summed E-state index contributed by atoms with van der Waals surface area (Å²) in [5.74, 6) is 0.616. The zero-order valence-electron chi connectivity index (χ0n) is 14.8. The molecule has 0 unspecified atom stereocenters. The van der Waals surface area contributed by atoms with Crippen LogP contribution in [0.4, 0.5) is 5.69 Å². The number of para-hydroxylation sites is 2. The Morgan fingerprint density at radius 1 is 1.30 bits per heavy atom. The van der Waals surface area contributed by atoms with Crippen molar-refractivity contribution in [3.8, 4) is 11.4 Å². The number of aromatic nitrogens is 4. The smallest absolute Gasteiger partial charge is 0.234 e. The van der Waals surface area contributed by atoms with Gasteiger partial charge in [-0.05, 0) is 54.1 Å². The van der Waals surface area contributed by atoms with E-state index < -0.39 is 0 Å². The van der Waals surface area contributed by atoms with Gasteiger partial charge in [0.1, 0.15) is 11.4 Å². The predicted molar refractivity (Wildman–Crippen MR) is 106 cm³/mol. The first-order chi connectivity index (χ1) is 13.1. The van der Waals surface area contributed by atoms with Crippen LogP contribution in [0.1, 0.15) is 12.5 Å². The van der Waals surface area contributed by atoms with Crippen LogP contribution in [-0.4, -0.2) is 38.5 Å². The van der Waals surface area contributed by atoms with Crippen molar-refractivity contribution in [3.63, 3.8) is 0 Å². The number of amides is 1. The Kier molecular flexibility index (Phi) is 6.31. The van der Waals surface area contributed by atoms with E-state index in [1.807, 2.05) is 44.2 Å². The summed E-state index contributed by atoms with van der Waals surface area (Å²) in [5, 5.41) is 15.5. The summed E-state index contributed by atoms with van der Waals surface area (Å²) in [6.45, 7) is 4.38. The van der Waals surface area contributed by atoms with Crippen molar-refractivity contribution >= 4 is 35.0 Å². The summed E-state index contributed by atoms with van der Waals surface area (Å²) in [6, 6.07) is 12.9. The predicted octanol–water partition coefficient (Wildman–Crippen LogP) is 3.75. The fourth-order valence-corrected chi connectivity index (χ4v) is 3.33. The largest absolute Gasteiger partial charge is 0.492 e. The van der Waals surface area contributed by atoms with Gasteiger partial charge >= 0.3 is 0 Å². The lowest BCUT2D eigenvalue weighted by Crippen LogP contribution is -2.15. The van der Waals surface area contributed by atoms with Crippen molar-refractivity contribution in [1.29, 1.82) is 0 Å². The molecule has 0 saturated heterocycles. The number of carbonyl (C=O) groups is 1. The normalized spacial score (nSPS) is 10.6. The lowest BCUT2D eigenvalue weighted by atomic mass is 10.2. The summed E-state index contributed by atoms with van der Waals surface area (Å²) in [4.78, 5) is 12.3. The van der Waals surface area contributed by atoms with Gasteiger partial charge in [0.25, 0.3) is 0 Å². The third-order valence-electron chi connectivity index (χ3n) is 3.57. The second kappa shape index (κ2) is 8.88. The summed E-state index contributed by atoms with van der Waals surface area (Å²) >= 11 is 7.38. The van der Waals surface area contributed by atoms with Gasteiger partial charge in [0.2, 0.25) is 11.1 Å². The molecule has 0 spiro atoms. The number of hydrogen-bond acceptors (Lipinski definition) is 6. The monoisotopic (exact) mass is 403 g/mol. The van der Waals surface area contributed by atoms with E-state index in [2.05, 4.69) is 20.8 Å². The van der Waals surface area contributed by atoms with Gasteiger partial charge in [-0.15, -0.1) is 5.10 Å². The fourth-order valence-electron chi connectivity index (χ4n) is 2.37. The molecule has 7 nitrogen and oxygen atoms in total. The summed E-state index contributed by atoms with van der Waals surface area (Å²) < 4.78 is 7.18. The Morgan fingerprint density at radius 2 is 2.11 bits per heavy atom. The van der Waals surface area contributed by atoms with Crippen molar-refractivity contribution in [2.45, 2.75) is 19.0 Å². The first kappa shape index (κ1) is 19.2. The van der Waals surface area contributed by atoms with E-state index in [4.69, 9.17) is 16.3 Å². The number of nitrogens with one attached hydrogen (secondary N) is 1. The average molecular weight is 404 g/mol. The van der Waals surface area contributed by atoms with Crippen molar-refractivity contribution < 1.29 is 9.53 Å². The van der Waals surface area contributed by atoms with Crippen LogP contribution in [0, 0.1) is 6.92 Å². The van der Waals surface area contributed by atoms with E-state index in [1.165, 1.54) is 11.8 Å². The third kappa shape index (κ3) is 4.78. The second-order valence-corrected chi connectivity index (χ2v) is 6.94. The number of rotatable bonds is 7. The maximum atomic E-state index is 12.3. The maximum absolute atomic E-state index is 12.3. The van der Waals surface area contributed by atoms with Gasteiger partial charge in [0.15, 0.2) is 0 Å². The SMILES string of the molecule is CCOc1ccccc1-n1nnnc1SCC(=O)Nc1ccc(C)cc1Cl. The Labute approximate surface area is 166 Å². The number of nitrogens with zero attached hydrogens (tertiary/aromatic N) is 4. The number of halogens is 1. The van der Waals surface area contributed by atoms with Crippen LogP contribution in [0.5, 0.6) is 5.75 Å². The highest BCUT2D eigenvalue weighted by molar-refractivity contribution is 7.99. The van der Waals surface area contributed by atoms with Crippen molar-refractivity contribution in [3.05, 3.63) is 53.1 Å². The molecular formula is C18H18ClN5O2S. The highest BCUT2D eigenvalue weighted by atomic mass is 35.5. The molecule has 0 radical (unpaired) electrons. The molecule has 3 rings (SSSR count). The van der Waals surface area contributed by atoms with Crippen LogP contribution in [0.2, 0.25) is 5.02 Å². The maximum Gasteiger partial charge on any atom is 0.234 e. The van der Waals surface area contributed by atoms with Gasteiger partial charge in [-0.2, -0.15) is 4.68 Å². The number of benzene rings is 2. The van der Waals surface area contributed by atoms with Gasteiger partial charge < -0.3 is 10.1 Å². The number of anilines is 1. The molecule has 1 amide bonds.